The quantitative estimate of drug-likeness (QED) is 0.465. The molecule has 9 nitrogen and oxygen atoms in total. The fourth-order valence-electron chi connectivity index (χ4n) is 3.65. The third-order valence-electron chi connectivity index (χ3n) is 5.56. The molecule has 1 heterocycles. The molecule has 1 aliphatic rings. The van der Waals surface area contributed by atoms with Crippen molar-refractivity contribution in [2.45, 2.75) is 24.4 Å². The Hall–Kier alpha value is -3.76. The van der Waals surface area contributed by atoms with Gasteiger partial charge in [-0.15, -0.1) is 0 Å². The van der Waals surface area contributed by atoms with Crippen molar-refractivity contribution in [2.24, 2.45) is 0 Å². The van der Waals surface area contributed by atoms with E-state index in [9.17, 15) is 13.2 Å². The SMILES string of the molecule is COc1ccc(OC)c(C(C)NC(=O)c2cccc(S(=O)(=O)NCc3ccc4c(c3)OCO4)c2)c1. The van der Waals surface area contributed by atoms with Crippen LogP contribution in [0.3, 0.4) is 0 Å². The molecule has 4 rings (SSSR count). The Balaban J connectivity index is 1.46. The third kappa shape index (κ3) is 5.50. The van der Waals surface area contributed by atoms with Crippen LogP contribution in [0.4, 0.5) is 0 Å². The molecule has 0 aliphatic carbocycles. The molecule has 3 aromatic carbocycles. The molecule has 35 heavy (non-hydrogen) atoms. The molecule has 0 saturated carbocycles. The number of methoxy groups -OCH3 is 2. The van der Waals surface area contributed by atoms with Crippen LogP contribution in [0, 0.1) is 0 Å². The van der Waals surface area contributed by atoms with E-state index in [-0.39, 0.29) is 23.8 Å². The van der Waals surface area contributed by atoms with Gasteiger partial charge in [0, 0.05) is 17.7 Å². The van der Waals surface area contributed by atoms with Crippen LogP contribution < -0.4 is 29.0 Å². The van der Waals surface area contributed by atoms with Gasteiger partial charge in [0.25, 0.3) is 5.91 Å². The fourth-order valence-corrected chi connectivity index (χ4v) is 4.72. The molecule has 2 N–H and O–H groups in total. The van der Waals surface area contributed by atoms with Crippen molar-refractivity contribution in [3.8, 4) is 23.0 Å². The van der Waals surface area contributed by atoms with Gasteiger partial charge in [-0.05, 0) is 61.0 Å². The summed E-state index contributed by atoms with van der Waals surface area (Å²) in [6.07, 6.45) is 0. The van der Waals surface area contributed by atoms with E-state index in [2.05, 4.69) is 10.0 Å². The van der Waals surface area contributed by atoms with Crippen LogP contribution in [0.25, 0.3) is 0 Å². The second kappa shape index (κ2) is 10.2. The van der Waals surface area contributed by atoms with Crippen LogP contribution in [0.5, 0.6) is 23.0 Å². The van der Waals surface area contributed by atoms with Crippen molar-refractivity contribution in [1.29, 1.82) is 0 Å². The highest BCUT2D eigenvalue weighted by Crippen LogP contribution is 2.32. The van der Waals surface area contributed by atoms with Gasteiger partial charge in [0.2, 0.25) is 16.8 Å². The Morgan fingerprint density at radius 1 is 1.00 bits per heavy atom. The van der Waals surface area contributed by atoms with Crippen molar-refractivity contribution >= 4 is 15.9 Å². The van der Waals surface area contributed by atoms with Crippen molar-refractivity contribution in [3.05, 3.63) is 77.4 Å². The van der Waals surface area contributed by atoms with Crippen molar-refractivity contribution in [2.75, 3.05) is 21.0 Å². The molecule has 1 aliphatic heterocycles. The van der Waals surface area contributed by atoms with Gasteiger partial charge >= 0.3 is 0 Å². The minimum absolute atomic E-state index is 0.0162. The number of sulfonamides is 1. The van der Waals surface area contributed by atoms with Gasteiger partial charge in [-0.1, -0.05) is 12.1 Å². The maximum atomic E-state index is 12.9. The zero-order chi connectivity index (χ0) is 25.0. The van der Waals surface area contributed by atoms with Crippen molar-refractivity contribution in [3.63, 3.8) is 0 Å². The monoisotopic (exact) mass is 498 g/mol. The minimum atomic E-state index is -3.87. The predicted molar refractivity (Wildman–Crippen MR) is 128 cm³/mol. The van der Waals surface area contributed by atoms with E-state index < -0.39 is 22.0 Å². The van der Waals surface area contributed by atoms with Gasteiger partial charge in [-0.2, -0.15) is 0 Å². The summed E-state index contributed by atoms with van der Waals surface area (Å²) in [6.45, 7) is 2.01. The van der Waals surface area contributed by atoms with E-state index >= 15 is 0 Å². The van der Waals surface area contributed by atoms with Crippen LogP contribution in [0.1, 0.15) is 34.5 Å². The fraction of sp³-hybridized carbons (Fsp3) is 0.240. The highest BCUT2D eigenvalue weighted by molar-refractivity contribution is 7.89. The maximum absolute atomic E-state index is 12.9. The minimum Gasteiger partial charge on any atom is -0.497 e. The summed E-state index contributed by atoms with van der Waals surface area (Å²) in [4.78, 5) is 12.9. The summed E-state index contributed by atoms with van der Waals surface area (Å²) >= 11 is 0. The van der Waals surface area contributed by atoms with Crippen LogP contribution in [0.2, 0.25) is 0 Å². The van der Waals surface area contributed by atoms with Crippen LogP contribution in [-0.2, 0) is 16.6 Å². The highest BCUT2D eigenvalue weighted by Gasteiger charge is 2.20. The summed E-state index contributed by atoms with van der Waals surface area (Å²) < 4.78 is 49.6. The largest absolute Gasteiger partial charge is 0.497 e. The molecule has 0 aromatic heterocycles. The number of carbonyl (C=O) groups excluding carboxylic acids is 1. The summed E-state index contributed by atoms with van der Waals surface area (Å²) in [5.41, 5.74) is 1.66. The molecule has 0 bridgehead atoms. The molecule has 0 spiro atoms. The van der Waals surface area contributed by atoms with Crippen LogP contribution >= 0.6 is 0 Å². The maximum Gasteiger partial charge on any atom is 0.251 e. The third-order valence-corrected chi connectivity index (χ3v) is 6.96. The lowest BCUT2D eigenvalue weighted by Crippen LogP contribution is -2.28. The Kier molecular flexibility index (Phi) is 7.13. The van der Waals surface area contributed by atoms with Gasteiger partial charge in [0.15, 0.2) is 11.5 Å². The molecule has 3 aromatic rings. The number of rotatable bonds is 9. The van der Waals surface area contributed by atoms with E-state index in [1.54, 1.807) is 56.7 Å². The first-order valence-electron chi connectivity index (χ1n) is 10.8. The smallest absolute Gasteiger partial charge is 0.251 e. The number of hydrogen-bond donors (Lipinski definition) is 2. The average Bonchev–Trinajstić information content (AvgIpc) is 3.35. The van der Waals surface area contributed by atoms with E-state index in [4.69, 9.17) is 18.9 Å². The highest BCUT2D eigenvalue weighted by atomic mass is 32.2. The zero-order valence-corrected chi connectivity index (χ0v) is 20.3. The Morgan fingerprint density at radius 3 is 2.57 bits per heavy atom. The number of fused-ring (bicyclic) bond motifs is 1. The molecule has 0 fully saturated rings. The first-order chi connectivity index (χ1) is 16.8. The van der Waals surface area contributed by atoms with Crippen LogP contribution in [-0.4, -0.2) is 35.3 Å². The summed E-state index contributed by atoms with van der Waals surface area (Å²) in [5, 5.41) is 2.88. The second-order valence-electron chi connectivity index (χ2n) is 7.84. The van der Waals surface area contributed by atoms with Gasteiger partial charge in [0.1, 0.15) is 11.5 Å². The van der Waals surface area contributed by atoms with Crippen molar-refractivity contribution in [1.82, 2.24) is 10.0 Å². The lowest BCUT2D eigenvalue weighted by molar-refractivity contribution is 0.0939. The lowest BCUT2D eigenvalue weighted by Gasteiger charge is -2.18. The van der Waals surface area contributed by atoms with Gasteiger partial charge < -0.3 is 24.3 Å². The molecule has 0 radical (unpaired) electrons. The van der Waals surface area contributed by atoms with E-state index in [0.29, 0.717) is 28.6 Å². The lowest BCUT2D eigenvalue weighted by atomic mass is 10.1. The molecule has 184 valence electrons. The molecule has 1 unspecified atom stereocenters. The number of ether oxygens (including phenoxy) is 4. The summed E-state index contributed by atoms with van der Waals surface area (Å²) in [7, 11) is -0.764. The first-order valence-corrected chi connectivity index (χ1v) is 12.3. The summed E-state index contributed by atoms with van der Waals surface area (Å²) in [6, 6.07) is 16.0. The Morgan fingerprint density at radius 2 is 1.80 bits per heavy atom. The number of nitrogens with one attached hydrogen (secondary N) is 2. The first kappa shape index (κ1) is 24.4. The van der Waals surface area contributed by atoms with E-state index in [1.807, 2.05) is 6.92 Å². The molecular formula is C25H26N2O7S. The topological polar surface area (TPSA) is 112 Å². The van der Waals surface area contributed by atoms with Crippen molar-refractivity contribution < 1.29 is 32.2 Å². The molecule has 1 amide bonds. The van der Waals surface area contributed by atoms with E-state index in [1.165, 1.54) is 18.2 Å². The molecule has 0 saturated heterocycles. The average molecular weight is 499 g/mol. The van der Waals surface area contributed by atoms with Gasteiger partial charge in [-0.3, -0.25) is 4.79 Å². The number of amides is 1. The van der Waals surface area contributed by atoms with Gasteiger partial charge in [0.05, 0.1) is 25.2 Å². The number of benzene rings is 3. The molecule has 10 heteroatoms. The van der Waals surface area contributed by atoms with Gasteiger partial charge in [-0.25, -0.2) is 13.1 Å². The second-order valence-corrected chi connectivity index (χ2v) is 9.61. The predicted octanol–water partition coefficient (Wildman–Crippen LogP) is 3.40. The standard InChI is InChI=1S/C25H26N2O7S/c1-16(21-13-19(31-2)8-10-22(21)32-3)27-25(28)18-5-4-6-20(12-18)35(29,30)26-14-17-7-9-23-24(11-17)34-15-33-23/h4-13,16,26H,14-15H2,1-3H3,(H,27,28). The summed E-state index contributed by atoms with van der Waals surface area (Å²) in [5.74, 6) is 2.00. The number of carbonyl (C=O) groups is 1. The van der Waals surface area contributed by atoms with Crippen LogP contribution in [0.15, 0.2) is 65.6 Å². The Bertz CT molecular complexity index is 1340. The Labute approximate surface area is 204 Å². The molecular weight excluding hydrogens is 472 g/mol. The zero-order valence-electron chi connectivity index (χ0n) is 19.5. The number of hydrogen-bond acceptors (Lipinski definition) is 7. The molecule has 1 atom stereocenters. The normalized spacial score (nSPS) is 13.2. The van der Waals surface area contributed by atoms with E-state index in [0.717, 1.165) is 5.56 Å².